The number of carbonyl (C=O) groups excluding carboxylic acids is 1. The molecule has 26 heavy (non-hydrogen) atoms. The molecular formula is C16H13ClN2O5S2. The molecule has 0 spiro atoms. The highest BCUT2D eigenvalue weighted by Crippen LogP contribution is 2.30. The molecule has 7 nitrogen and oxygen atoms in total. The van der Waals surface area contributed by atoms with Gasteiger partial charge in [-0.1, -0.05) is 47.1 Å². The van der Waals surface area contributed by atoms with Crippen molar-refractivity contribution in [3.8, 4) is 0 Å². The Kier molecular flexibility index (Phi) is 5.30. The Morgan fingerprint density at radius 2 is 2.04 bits per heavy atom. The number of aromatic nitrogens is 1. The highest BCUT2D eigenvalue weighted by molar-refractivity contribution is 7.93. The van der Waals surface area contributed by atoms with E-state index < -0.39 is 16.0 Å². The third-order valence-electron chi connectivity index (χ3n) is 3.33. The summed E-state index contributed by atoms with van der Waals surface area (Å²) >= 11 is 6.89. The second-order valence-corrected chi connectivity index (χ2v) is 8.14. The van der Waals surface area contributed by atoms with Crippen molar-refractivity contribution in [3.05, 3.63) is 62.9 Å². The second-order valence-electron chi connectivity index (χ2n) is 5.19. The standard InChI is InChI=1S/C16H13ClN2O5S2/c1-10-13(17)15(24-18-10)19-26(21,22)12-7-8-25-14(12)16(20)23-9-11-5-3-2-4-6-11/h2-8,19H,9H2,1H3. The van der Waals surface area contributed by atoms with E-state index in [1.54, 1.807) is 19.1 Å². The van der Waals surface area contributed by atoms with E-state index in [9.17, 15) is 13.2 Å². The monoisotopic (exact) mass is 412 g/mol. The minimum absolute atomic E-state index is 0.0393. The fourth-order valence-corrected chi connectivity index (χ4v) is 4.53. The molecule has 2 aromatic heterocycles. The van der Waals surface area contributed by atoms with Crippen LogP contribution < -0.4 is 4.72 Å². The Hall–Kier alpha value is -2.36. The predicted molar refractivity (Wildman–Crippen MR) is 96.9 cm³/mol. The molecule has 1 N–H and O–H groups in total. The van der Waals surface area contributed by atoms with Crippen molar-refractivity contribution in [2.75, 3.05) is 4.72 Å². The van der Waals surface area contributed by atoms with Gasteiger partial charge < -0.3 is 9.26 Å². The van der Waals surface area contributed by atoms with Crippen molar-refractivity contribution < 1.29 is 22.5 Å². The second kappa shape index (κ2) is 7.48. The number of benzene rings is 1. The van der Waals surface area contributed by atoms with Crippen LogP contribution >= 0.6 is 22.9 Å². The first-order valence-corrected chi connectivity index (χ1v) is 10.1. The van der Waals surface area contributed by atoms with E-state index in [1.807, 2.05) is 18.2 Å². The molecule has 3 rings (SSSR count). The third-order valence-corrected chi connectivity index (χ3v) is 6.18. The first-order chi connectivity index (χ1) is 12.4. The van der Waals surface area contributed by atoms with Crippen molar-refractivity contribution in [3.63, 3.8) is 0 Å². The van der Waals surface area contributed by atoms with Crippen molar-refractivity contribution in [1.82, 2.24) is 5.16 Å². The van der Waals surface area contributed by atoms with Crippen LogP contribution in [0.4, 0.5) is 5.88 Å². The van der Waals surface area contributed by atoms with E-state index in [0.29, 0.717) is 5.69 Å². The molecule has 10 heteroatoms. The van der Waals surface area contributed by atoms with E-state index in [1.165, 1.54) is 11.4 Å². The zero-order valence-corrected chi connectivity index (χ0v) is 15.8. The maximum absolute atomic E-state index is 12.6. The number of thiophene rings is 1. The van der Waals surface area contributed by atoms with E-state index in [2.05, 4.69) is 9.88 Å². The summed E-state index contributed by atoms with van der Waals surface area (Å²) in [4.78, 5) is 12.0. The molecule has 0 aliphatic carbocycles. The molecule has 136 valence electrons. The molecule has 0 unspecified atom stereocenters. The first-order valence-electron chi connectivity index (χ1n) is 7.31. The number of esters is 1. The number of nitrogens with zero attached hydrogens (tertiary/aromatic N) is 1. The van der Waals surface area contributed by atoms with Crippen LogP contribution in [-0.2, 0) is 21.4 Å². The van der Waals surface area contributed by atoms with Crippen molar-refractivity contribution in [2.45, 2.75) is 18.4 Å². The molecule has 1 aromatic carbocycles. The maximum Gasteiger partial charge on any atom is 0.350 e. The Bertz CT molecular complexity index is 1030. The van der Waals surface area contributed by atoms with Gasteiger partial charge in [0.15, 0.2) is 0 Å². The first kappa shape index (κ1) is 18.4. The highest BCUT2D eigenvalue weighted by Gasteiger charge is 2.27. The summed E-state index contributed by atoms with van der Waals surface area (Å²) in [6, 6.07) is 10.4. The lowest BCUT2D eigenvalue weighted by atomic mass is 10.2. The Labute approximate surface area is 158 Å². The molecule has 0 fully saturated rings. The smallest absolute Gasteiger partial charge is 0.350 e. The van der Waals surface area contributed by atoms with E-state index in [4.69, 9.17) is 20.9 Å². The number of halogens is 1. The molecule has 2 heterocycles. The number of anilines is 1. The van der Waals surface area contributed by atoms with Crippen LogP contribution in [0.1, 0.15) is 20.9 Å². The number of hydrogen-bond acceptors (Lipinski definition) is 7. The minimum Gasteiger partial charge on any atom is -0.457 e. The number of aryl methyl sites for hydroxylation is 1. The predicted octanol–water partition coefficient (Wildman–Crippen LogP) is 3.86. The van der Waals surface area contributed by atoms with Crippen LogP contribution in [0.3, 0.4) is 0 Å². The maximum atomic E-state index is 12.6. The van der Waals surface area contributed by atoms with Gasteiger partial charge in [-0.3, -0.25) is 0 Å². The fraction of sp³-hybridized carbons (Fsp3) is 0.125. The number of rotatable bonds is 6. The van der Waals surface area contributed by atoms with Crippen molar-refractivity contribution >= 4 is 44.8 Å². The number of nitrogens with one attached hydrogen (secondary N) is 1. The zero-order chi connectivity index (χ0) is 18.7. The van der Waals surface area contributed by atoms with Crippen molar-refractivity contribution in [1.29, 1.82) is 0 Å². The van der Waals surface area contributed by atoms with Crippen LogP contribution in [-0.4, -0.2) is 19.5 Å². The SMILES string of the molecule is Cc1noc(NS(=O)(=O)c2ccsc2C(=O)OCc2ccccc2)c1Cl. The van der Waals surface area contributed by atoms with Gasteiger partial charge in [-0.15, -0.1) is 11.3 Å². The van der Waals surface area contributed by atoms with Gasteiger partial charge in [-0.25, -0.2) is 17.9 Å². The van der Waals surface area contributed by atoms with E-state index >= 15 is 0 Å². The molecule has 0 saturated carbocycles. The molecule has 0 bridgehead atoms. The molecule has 3 aromatic rings. The minimum atomic E-state index is -4.10. The summed E-state index contributed by atoms with van der Waals surface area (Å²) in [7, 11) is -4.10. The quantitative estimate of drug-likeness (QED) is 0.617. The number of carbonyl (C=O) groups is 1. The van der Waals surface area contributed by atoms with Gasteiger partial charge in [0.25, 0.3) is 15.9 Å². The van der Waals surface area contributed by atoms with Gasteiger partial charge in [0.1, 0.15) is 27.1 Å². The topological polar surface area (TPSA) is 98.5 Å². The molecule has 0 saturated heterocycles. The Morgan fingerprint density at radius 1 is 1.31 bits per heavy atom. The summed E-state index contributed by atoms with van der Waals surface area (Å²) in [6.07, 6.45) is 0. The lowest BCUT2D eigenvalue weighted by molar-refractivity contribution is 0.0474. The zero-order valence-electron chi connectivity index (χ0n) is 13.4. The average molecular weight is 413 g/mol. The summed E-state index contributed by atoms with van der Waals surface area (Å²) in [6.45, 7) is 1.61. The Morgan fingerprint density at radius 3 is 2.69 bits per heavy atom. The molecule has 0 aliphatic rings. The molecule has 0 radical (unpaired) electrons. The highest BCUT2D eigenvalue weighted by atomic mass is 35.5. The normalized spacial score (nSPS) is 11.3. The number of ether oxygens (including phenoxy) is 1. The van der Waals surface area contributed by atoms with Gasteiger partial charge in [-0.05, 0) is 23.9 Å². The third kappa shape index (κ3) is 3.90. The van der Waals surface area contributed by atoms with Crippen LogP contribution in [0.5, 0.6) is 0 Å². The van der Waals surface area contributed by atoms with Gasteiger partial charge in [0.2, 0.25) is 0 Å². The Balaban J connectivity index is 1.78. The number of hydrogen-bond donors (Lipinski definition) is 1. The summed E-state index contributed by atoms with van der Waals surface area (Å²) in [5, 5.41) is 5.12. The van der Waals surface area contributed by atoms with Gasteiger partial charge in [-0.2, -0.15) is 0 Å². The van der Waals surface area contributed by atoms with Gasteiger partial charge in [0.05, 0.1) is 0 Å². The molecular weight excluding hydrogens is 400 g/mol. The summed E-state index contributed by atoms with van der Waals surface area (Å²) < 4.78 is 37.4. The molecule has 0 amide bonds. The van der Waals surface area contributed by atoms with E-state index in [0.717, 1.165) is 16.9 Å². The molecule has 0 aliphatic heterocycles. The van der Waals surface area contributed by atoms with Crippen molar-refractivity contribution in [2.24, 2.45) is 0 Å². The molecule has 0 atom stereocenters. The lowest BCUT2D eigenvalue weighted by Crippen LogP contribution is -2.16. The van der Waals surface area contributed by atoms with Crippen LogP contribution in [0.15, 0.2) is 51.2 Å². The average Bonchev–Trinajstić information content (AvgIpc) is 3.24. The summed E-state index contributed by atoms with van der Waals surface area (Å²) in [5.41, 5.74) is 1.14. The van der Waals surface area contributed by atoms with Crippen LogP contribution in [0.2, 0.25) is 5.02 Å². The van der Waals surface area contributed by atoms with Gasteiger partial charge >= 0.3 is 5.97 Å². The van der Waals surface area contributed by atoms with E-state index in [-0.39, 0.29) is 27.3 Å². The largest absolute Gasteiger partial charge is 0.457 e. The lowest BCUT2D eigenvalue weighted by Gasteiger charge is -2.07. The van der Waals surface area contributed by atoms with Crippen LogP contribution in [0.25, 0.3) is 0 Å². The van der Waals surface area contributed by atoms with Crippen LogP contribution in [0, 0.1) is 6.92 Å². The number of sulfonamides is 1. The fourth-order valence-electron chi connectivity index (χ4n) is 2.05. The summed E-state index contributed by atoms with van der Waals surface area (Å²) in [5.74, 6) is -0.942. The van der Waals surface area contributed by atoms with Gasteiger partial charge in [0, 0.05) is 0 Å².